The molecule has 1 aliphatic rings. The molecule has 0 bridgehead atoms. The number of benzene rings is 1. The fraction of sp³-hybridized carbons (Fsp3) is 0.625. The van der Waals surface area contributed by atoms with Crippen LogP contribution in [0.1, 0.15) is 56.1 Å². The minimum absolute atomic E-state index is 0.870. The van der Waals surface area contributed by atoms with Gasteiger partial charge in [0.2, 0.25) is 0 Å². The maximum absolute atomic E-state index is 3.48. The third-order valence-corrected chi connectivity index (χ3v) is 3.83. The van der Waals surface area contributed by atoms with Gasteiger partial charge in [-0.1, -0.05) is 37.6 Å². The molecular formula is C16H25N. The van der Waals surface area contributed by atoms with Crippen LogP contribution in [-0.2, 0) is 6.42 Å². The van der Waals surface area contributed by atoms with Crippen molar-refractivity contribution in [3.8, 4) is 0 Å². The lowest BCUT2D eigenvalue weighted by molar-refractivity contribution is 0.417. The number of rotatable bonds is 7. The van der Waals surface area contributed by atoms with Crippen LogP contribution >= 0.6 is 0 Å². The number of hydrogen-bond acceptors (Lipinski definition) is 1. The molecule has 1 aromatic carbocycles. The first-order chi connectivity index (χ1) is 8.42. The molecule has 1 N–H and O–H groups in total. The zero-order chi connectivity index (χ0) is 11.9. The molecule has 1 aromatic rings. The van der Waals surface area contributed by atoms with Gasteiger partial charge in [0.15, 0.2) is 0 Å². The molecule has 1 fully saturated rings. The molecule has 17 heavy (non-hydrogen) atoms. The third-order valence-electron chi connectivity index (χ3n) is 3.83. The second-order valence-corrected chi connectivity index (χ2v) is 5.18. The first-order valence-electron chi connectivity index (χ1n) is 7.20. The van der Waals surface area contributed by atoms with Crippen LogP contribution < -0.4 is 5.32 Å². The summed E-state index contributed by atoms with van der Waals surface area (Å²) in [5, 5.41) is 3.48. The Morgan fingerprint density at radius 1 is 1.18 bits per heavy atom. The fourth-order valence-electron chi connectivity index (χ4n) is 2.59. The maximum atomic E-state index is 3.48. The van der Waals surface area contributed by atoms with Crippen molar-refractivity contribution in [2.45, 2.75) is 51.4 Å². The number of nitrogens with one attached hydrogen (secondary N) is 1. The van der Waals surface area contributed by atoms with E-state index in [0.717, 1.165) is 19.0 Å². The van der Waals surface area contributed by atoms with Gasteiger partial charge in [0, 0.05) is 0 Å². The monoisotopic (exact) mass is 231 g/mol. The van der Waals surface area contributed by atoms with Crippen LogP contribution in [0.2, 0.25) is 0 Å². The summed E-state index contributed by atoms with van der Waals surface area (Å²) in [6, 6.07) is 9.07. The van der Waals surface area contributed by atoms with E-state index in [1.165, 1.54) is 38.5 Å². The van der Waals surface area contributed by atoms with Crippen molar-refractivity contribution >= 4 is 0 Å². The molecule has 0 saturated heterocycles. The van der Waals surface area contributed by atoms with Crippen LogP contribution in [0.5, 0.6) is 0 Å². The van der Waals surface area contributed by atoms with E-state index in [2.05, 4.69) is 36.5 Å². The quantitative estimate of drug-likeness (QED) is 0.702. The van der Waals surface area contributed by atoms with Crippen molar-refractivity contribution in [2.75, 3.05) is 13.1 Å². The molecule has 0 radical (unpaired) electrons. The highest BCUT2D eigenvalue weighted by Gasteiger charge is 2.21. The zero-order valence-electron chi connectivity index (χ0n) is 11.0. The van der Waals surface area contributed by atoms with Crippen molar-refractivity contribution in [3.63, 3.8) is 0 Å². The lowest BCUT2D eigenvalue weighted by Crippen LogP contribution is -2.17. The zero-order valence-corrected chi connectivity index (χ0v) is 11.0. The summed E-state index contributed by atoms with van der Waals surface area (Å²) in [5.74, 6) is 0.870. The van der Waals surface area contributed by atoms with Gasteiger partial charge in [-0.25, -0.2) is 0 Å². The predicted octanol–water partition coefficient (Wildman–Crippen LogP) is 3.89. The normalized spacial score (nSPS) is 15.8. The Hall–Kier alpha value is -0.820. The lowest BCUT2D eigenvalue weighted by atomic mass is 9.77. The molecule has 1 heteroatoms. The summed E-state index contributed by atoms with van der Waals surface area (Å²) in [6.07, 6.45) is 7.99. The average molecular weight is 231 g/mol. The van der Waals surface area contributed by atoms with Crippen molar-refractivity contribution < 1.29 is 0 Å². The Morgan fingerprint density at radius 3 is 2.71 bits per heavy atom. The van der Waals surface area contributed by atoms with E-state index >= 15 is 0 Å². The average Bonchev–Trinajstić information content (AvgIpc) is 2.29. The fourth-order valence-corrected chi connectivity index (χ4v) is 2.59. The van der Waals surface area contributed by atoms with Crippen molar-refractivity contribution in [1.29, 1.82) is 0 Å². The SMILES string of the molecule is CCCNCCCc1ccccc1C1CCC1. The lowest BCUT2D eigenvalue weighted by Gasteiger charge is -2.28. The minimum atomic E-state index is 0.870. The molecule has 0 amide bonds. The van der Waals surface area contributed by atoms with Crippen molar-refractivity contribution in [1.82, 2.24) is 5.32 Å². The Kier molecular flexibility index (Phi) is 5.06. The van der Waals surface area contributed by atoms with E-state index in [1.807, 2.05) is 0 Å². The van der Waals surface area contributed by atoms with Gasteiger partial charge in [-0.2, -0.15) is 0 Å². The van der Waals surface area contributed by atoms with E-state index in [1.54, 1.807) is 11.1 Å². The first-order valence-corrected chi connectivity index (χ1v) is 7.20. The van der Waals surface area contributed by atoms with E-state index in [9.17, 15) is 0 Å². The Labute approximate surface area is 106 Å². The molecule has 1 aliphatic carbocycles. The molecule has 1 saturated carbocycles. The molecule has 0 aliphatic heterocycles. The van der Waals surface area contributed by atoms with Gasteiger partial charge in [0.05, 0.1) is 0 Å². The molecule has 2 rings (SSSR count). The van der Waals surface area contributed by atoms with Gasteiger partial charge in [0.25, 0.3) is 0 Å². The second-order valence-electron chi connectivity index (χ2n) is 5.18. The van der Waals surface area contributed by atoms with Crippen LogP contribution in [0.3, 0.4) is 0 Å². The maximum Gasteiger partial charge on any atom is -0.00457 e. The van der Waals surface area contributed by atoms with Crippen LogP contribution in [0.4, 0.5) is 0 Å². The van der Waals surface area contributed by atoms with Gasteiger partial charge >= 0.3 is 0 Å². The molecule has 0 atom stereocenters. The molecule has 0 heterocycles. The molecule has 0 spiro atoms. The summed E-state index contributed by atoms with van der Waals surface area (Å²) < 4.78 is 0. The largest absolute Gasteiger partial charge is 0.317 e. The smallest absolute Gasteiger partial charge is 0.00457 e. The van der Waals surface area contributed by atoms with Crippen LogP contribution in [0, 0.1) is 0 Å². The number of hydrogen-bond donors (Lipinski definition) is 1. The van der Waals surface area contributed by atoms with Gasteiger partial charge in [-0.15, -0.1) is 0 Å². The Bertz CT molecular complexity index is 328. The second kappa shape index (κ2) is 6.80. The van der Waals surface area contributed by atoms with Gasteiger partial charge in [0.1, 0.15) is 0 Å². The molecule has 94 valence electrons. The molecule has 1 nitrogen and oxygen atoms in total. The van der Waals surface area contributed by atoms with Gasteiger partial charge in [-0.05, 0) is 62.2 Å². The van der Waals surface area contributed by atoms with Crippen molar-refractivity contribution in [2.24, 2.45) is 0 Å². The predicted molar refractivity (Wildman–Crippen MR) is 74.5 cm³/mol. The topological polar surface area (TPSA) is 12.0 Å². The Balaban J connectivity index is 1.82. The van der Waals surface area contributed by atoms with Crippen LogP contribution in [-0.4, -0.2) is 13.1 Å². The summed E-state index contributed by atoms with van der Waals surface area (Å²) in [4.78, 5) is 0. The molecule has 0 unspecified atom stereocenters. The summed E-state index contributed by atoms with van der Waals surface area (Å²) in [7, 11) is 0. The highest BCUT2D eigenvalue weighted by molar-refractivity contribution is 5.31. The highest BCUT2D eigenvalue weighted by Crippen LogP contribution is 2.38. The van der Waals surface area contributed by atoms with Crippen LogP contribution in [0.15, 0.2) is 24.3 Å². The van der Waals surface area contributed by atoms with Crippen molar-refractivity contribution in [3.05, 3.63) is 35.4 Å². The Morgan fingerprint density at radius 2 is 2.00 bits per heavy atom. The third kappa shape index (κ3) is 3.57. The summed E-state index contributed by atoms with van der Waals surface area (Å²) >= 11 is 0. The highest BCUT2D eigenvalue weighted by atomic mass is 14.8. The van der Waals surface area contributed by atoms with E-state index in [4.69, 9.17) is 0 Å². The molecular weight excluding hydrogens is 206 g/mol. The van der Waals surface area contributed by atoms with E-state index < -0.39 is 0 Å². The first kappa shape index (κ1) is 12.6. The molecule has 0 aromatic heterocycles. The minimum Gasteiger partial charge on any atom is -0.317 e. The van der Waals surface area contributed by atoms with Gasteiger partial charge in [-0.3, -0.25) is 0 Å². The van der Waals surface area contributed by atoms with E-state index in [0.29, 0.717) is 0 Å². The van der Waals surface area contributed by atoms with E-state index in [-0.39, 0.29) is 0 Å². The number of aryl methyl sites for hydroxylation is 1. The summed E-state index contributed by atoms with van der Waals surface area (Å²) in [5.41, 5.74) is 3.23. The van der Waals surface area contributed by atoms with Crippen LogP contribution in [0.25, 0.3) is 0 Å². The standard InChI is InChI=1S/C16H25N/c1-2-12-17-13-6-10-14-7-3-4-11-16(14)15-8-5-9-15/h3-4,7,11,15,17H,2,5-6,8-10,12-13H2,1H3. The van der Waals surface area contributed by atoms with Gasteiger partial charge < -0.3 is 5.32 Å². The summed E-state index contributed by atoms with van der Waals surface area (Å²) in [6.45, 7) is 4.54.